The number of para-hydroxylation sites is 1. The third kappa shape index (κ3) is 5.47. The van der Waals surface area contributed by atoms with Crippen LogP contribution in [0.5, 0.6) is 0 Å². The lowest BCUT2D eigenvalue weighted by molar-refractivity contribution is -0.155. The molecule has 2 rings (SSSR count). The van der Waals surface area contributed by atoms with Crippen molar-refractivity contribution in [3.05, 3.63) is 64.1 Å². The highest BCUT2D eigenvalue weighted by atomic mass is 35.5. The summed E-state index contributed by atoms with van der Waals surface area (Å²) >= 11 is 12.1. The summed E-state index contributed by atoms with van der Waals surface area (Å²) in [6.07, 6.45) is -0.176. The van der Waals surface area contributed by atoms with Gasteiger partial charge in [0.25, 0.3) is 5.91 Å². The van der Waals surface area contributed by atoms with E-state index in [1.165, 1.54) is 6.92 Å². The molecule has 0 fully saturated rings. The SMILES string of the molecule is CC[C@@H](C)[C@H](C(=O)O[C@@H](C)C(=O)Nc1c(Cl)cccc1Cl)c1ccccc1. The Hall–Kier alpha value is -2.04. The number of anilines is 1. The first-order valence-electron chi connectivity index (χ1n) is 8.85. The van der Waals surface area contributed by atoms with E-state index in [1.807, 2.05) is 44.2 Å². The topological polar surface area (TPSA) is 55.4 Å². The Labute approximate surface area is 169 Å². The zero-order valence-corrected chi connectivity index (χ0v) is 17.1. The van der Waals surface area contributed by atoms with Gasteiger partial charge in [0, 0.05) is 0 Å². The van der Waals surface area contributed by atoms with Gasteiger partial charge < -0.3 is 10.1 Å². The minimum absolute atomic E-state index is 0.0770. The molecule has 2 aromatic rings. The summed E-state index contributed by atoms with van der Waals surface area (Å²) in [5.41, 5.74) is 1.17. The molecule has 144 valence electrons. The van der Waals surface area contributed by atoms with Crippen LogP contribution in [0, 0.1) is 5.92 Å². The van der Waals surface area contributed by atoms with Gasteiger partial charge in [0.15, 0.2) is 6.10 Å². The lowest BCUT2D eigenvalue weighted by atomic mass is 9.85. The van der Waals surface area contributed by atoms with Gasteiger partial charge in [-0.3, -0.25) is 9.59 Å². The van der Waals surface area contributed by atoms with Crippen molar-refractivity contribution < 1.29 is 14.3 Å². The molecule has 0 bridgehead atoms. The highest BCUT2D eigenvalue weighted by molar-refractivity contribution is 6.39. The fourth-order valence-electron chi connectivity index (χ4n) is 2.74. The summed E-state index contributed by atoms with van der Waals surface area (Å²) in [5, 5.41) is 3.26. The number of ether oxygens (including phenoxy) is 1. The quantitative estimate of drug-likeness (QED) is 0.599. The molecule has 27 heavy (non-hydrogen) atoms. The Kier molecular flexibility index (Phi) is 7.69. The number of rotatable bonds is 7. The molecule has 2 aromatic carbocycles. The smallest absolute Gasteiger partial charge is 0.314 e. The maximum absolute atomic E-state index is 12.8. The van der Waals surface area contributed by atoms with Crippen molar-refractivity contribution in [1.29, 1.82) is 0 Å². The molecule has 0 saturated heterocycles. The number of benzene rings is 2. The third-order valence-corrected chi connectivity index (χ3v) is 5.13. The molecule has 0 spiro atoms. The van der Waals surface area contributed by atoms with Crippen LogP contribution in [0.4, 0.5) is 5.69 Å². The van der Waals surface area contributed by atoms with E-state index in [1.54, 1.807) is 18.2 Å². The molecule has 0 unspecified atom stereocenters. The fraction of sp³-hybridized carbons (Fsp3) is 0.333. The number of carbonyl (C=O) groups is 2. The van der Waals surface area contributed by atoms with Crippen molar-refractivity contribution in [2.75, 3.05) is 5.32 Å². The zero-order valence-electron chi connectivity index (χ0n) is 15.5. The van der Waals surface area contributed by atoms with Crippen LogP contribution in [0.15, 0.2) is 48.5 Å². The van der Waals surface area contributed by atoms with Gasteiger partial charge in [0.05, 0.1) is 21.7 Å². The van der Waals surface area contributed by atoms with E-state index >= 15 is 0 Å². The number of carbonyl (C=O) groups excluding carboxylic acids is 2. The summed E-state index contributed by atoms with van der Waals surface area (Å²) < 4.78 is 5.47. The fourth-order valence-corrected chi connectivity index (χ4v) is 3.23. The van der Waals surface area contributed by atoms with E-state index in [4.69, 9.17) is 27.9 Å². The van der Waals surface area contributed by atoms with Crippen LogP contribution in [0.3, 0.4) is 0 Å². The van der Waals surface area contributed by atoms with Gasteiger partial charge >= 0.3 is 5.97 Å². The highest BCUT2D eigenvalue weighted by Crippen LogP contribution is 2.31. The second-order valence-electron chi connectivity index (χ2n) is 6.44. The summed E-state index contributed by atoms with van der Waals surface area (Å²) in [6.45, 7) is 5.53. The van der Waals surface area contributed by atoms with Gasteiger partial charge in [-0.2, -0.15) is 0 Å². The number of halogens is 2. The maximum atomic E-state index is 12.8. The minimum Gasteiger partial charge on any atom is -0.452 e. The van der Waals surface area contributed by atoms with Gasteiger partial charge in [-0.1, -0.05) is 79.9 Å². The van der Waals surface area contributed by atoms with Crippen LogP contribution in [-0.2, 0) is 14.3 Å². The van der Waals surface area contributed by atoms with Gasteiger partial charge in [0.1, 0.15) is 0 Å². The summed E-state index contributed by atoms with van der Waals surface area (Å²) in [6, 6.07) is 14.4. The molecule has 1 amide bonds. The van der Waals surface area contributed by atoms with Crippen molar-refractivity contribution in [1.82, 2.24) is 0 Å². The van der Waals surface area contributed by atoms with Crippen LogP contribution in [0.1, 0.15) is 38.7 Å². The Morgan fingerprint density at radius 2 is 1.59 bits per heavy atom. The summed E-state index contributed by atoms with van der Waals surface area (Å²) in [4.78, 5) is 25.2. The molecule has 0 saturated carbocycles. The van der Waals surface area contributed by atoms with E-state index in [9.17, 15) is 9.59 Å². The normalized spacial score (nSPS) is 14.1. The third-order valence-electron chi connectivity index (χ3n) is 4.50. The number of esters is 1. The molecule has 4 nitrogen and oxygen atoms in total. The number of nitrogens with one attached hydrogen (secondary N) is 1. The number of hydrogen-bond donors (Lipinski definition) is 1. The molecule has 0 aliphatic heterocycles. The Balaban J connectivity index is 2.11. The molecule has 0 aliphatic carbocycles. The van der Waals surface area contributed by atoms with Crippen LogP contribution in [-0.4, -0.2) is 18.0 Å². The first-order chi connectivity index (χ1) is 12.8. The standard InChI is InChI=1S/C21H23Cl2NO3/c1-4-13(2)18(15-9-6-5-7-10-15)21(26)27-14(3)20(25)24-19-16(22)11-8-12-17(19)23/h5-14,18H,4H2,1-3H3,(H,24,25)/t13-,14+,18+/m1/s1. The molecular formula is C21H23Cl2NO3. The zero-order chi connectivity index (χ0) is 20.0. The van der Waals surface area contributed by atoms with E-state index in [-0.39, 0.29) is 5.92 Å². The van der Waals surface area contributed by atoms with Crippen molar-refractivity contribution in [2.24, 2.45) is 5.92 Å². The molecule has 0 aromatic heterocycles. The number of hydrogen-bond acceptors (Lipinski definition) is 3. The lowest BCUT2D eigenvalue weighted by Gasteiger charge is -2.24. The van der Waals surface area contributed by atoms with Crippen LogP contribution < -0.4 is 5.32 Å². The lowest BCUT2D eigenvalue weighted by Crippen LogP contribution is -2.33. The van der Waals surface area contributed by atoms with Crippen LogP contribution >= 0.6 is 23.2 Å². The highest BCUT2D eigenvalue weighted by Gasteiger charge is 2.30. The predicted octanol–water partition coefficient (Wildman–Crippen LogP) is 5.69. The first-order valence-corrected chi connectivity index (χ1v) is 9.61. The van der Waals surface area contributed by atoms with Crippen molar-refractivity contribution in [3.8, 4) is 0 Å². The van der Waals surface area contributed by atoms with Gasteiger partial charge in [-0.15, -0.1) is 0 Å². The molecule has 0 aliphatic rings. The molecule has 1 N–H and O–H groups in total. The van der Waals surface area contributed by atoms with Gasteiger partial charge in [-0.05, 0) is 30.5 Å². The molecule has 6 heteroatoms. The predicted molar refractivity (Wildman–Crippen MR) is 109 cm³/mol. The van der Waals surface area contributed by atoms with Crippen molar-refractivity contribution in [3.63, 3.8) is 0 Å². The van der Waals surface area contributed by atoms with Crippen molar-refractivity contribution in [2.45, 2.75) is 39.2 Å². The van der Waals surface area contributed by atoms with Crippen LogP contribution in [0.2, 0.25) is 10.0 Å². The molecule has 3 atom stereocenters. The van der Waals surface area contributed by atoms with E-state index in [0.29, 0.717) is 15.7 Å². The van der Waals surface area contributed by atoms with Crippen molar-refractivity contribution >= 4 is 40.8 Å². The van der Waals surface area contributed by atoms with E-state index < -0.39 is 23.9 Å². The second-order valence-corrected chi connectivity index (χ2v) is 7.25. The average molecular weight is 408 g/mol. The monoisotopic (exact) mass is 407 g/mol. The number of amides is 1. The first kappa shape index (κ1) is 21.3. The maximum Gasteiger partial charge on any atom is 0.314 e. The van der Waals surface area contributed by atoms with Crippen LogP contribution in [0.25, 0.3) is 0 Å². The largest absolute Gasteiger partial charge is 0.452 e. The minimum atomic E-state index is -0.986. The average Bonchev–Trinajstić information content (AvgIpc) is 2.65. The van der Waals surface area contributed by atoms with Gasteiger partial charge in [-0.25, -0.2) is 0 Å². The Morgan fingerprint density at radius 1 is 1.00 bits per heavy atom. The Bertz CT molecular complexity index is 775. The summed E-state index contributed by atoms with van der Waals surface area (Å²) in [7, 11) is 0. The second kappa shape index (κ2) is 9.77. The van der Waals surface area contributed by atoms with E-state index in [2.05, 4.69) is 5.32 Å². The Morgan fingerprint density at radius 3 is 2.15 bits per heavy atom. The molecule has 0 radical (unpaired) electrons. The molecular weight excluding hydrogens is 385 g/mol. The summed E-state index contributed by atoms with van der Waals surface area (Å²) in [5.74, 6) is -1.28. The van der Waals surface area contributed by atoms with Gasteiger partial charge in [0.2, 0.25) is 0 Å². The van der Waals surface area contributed by atoms with E-state index in [0.717, 1.165) is 12.0 Å². The molecule has 0 heterocycles.